The van der Waals surface area contributed by atoms with Crippen molar-refractivity contribution in [2.75, 3.05) is 20.7 Å². The van der Waals surface area contributed by atoms with E-state index in [0.29, 0.717) is 24.3 Å². The van der Waals surface area contributed by atoms with Crippen LogP contribution >= 0.6 is 0 Å². The van der Waals surface area contributed by atoms with E-state index in [1.54, 1.807) is 38.2 Å². The lowest BCUT2D eigenvalue weighted by atomic mass is 10.2. The first-order chi connectivity index (χ1) is 10.5. The highest BCUT2D eigenvalue weighted by Gasteiger charge is 2.19. The number of benzene rings is 1. The number of rotatable bonds is 7. The molecule has 0 radical (unpaired) electrons. The molecule has 0 aliphatic carbocycles. The van der Waals surface area contributed by atoms with Crippen molar-refractivity contribution in [3.05, 3.63) is 29.8 Å². The van der Waals surface area contributed by atoms with Crippen molar-refractivity contribution in [3.8, 4) is 11.8 Å². The lowest BCUT2D eigenvalue weighted by molar-refractivity contribution is -0.142. The van der Waals surface area contributed by atoms with Gasteiger partial charge in [0.2, 0.25) is 0 Å². The summed E-state index contributed by atoms with van der Waals surface area (Å²) in [6.07, 6.45) is 0.135. The molecule has 0 fully saturated rings. The first-order valence-corrected chi connectivity index (χ1v) is 6.96. The molecule has 0 aliphatic rings. The molecule has 1 unspecified atom stereocenters. The molecule has 6 nitrogen and oxygen atoms in total. The Morgan fingerprint density at radius 2 is 2.14 bits per heavy atom. The Morgan fingerprint density at radius 3 is 2.77 bits per heavy atom. The van der Waals surface area contributed by atoms with Gasteiger partial charge in [-0.15, -0.1) is 0 Å². The SMILES string of the molecule is COC(=O)CCCN(C)C(=O)C(C)Oc1cccc(C#N)c1. The van der Waals surface area contributed by atoms with E-state index in [4.69, 9.17) is 10.00 Å². The highest BCUT2D eigenvalue weighted by molar-refractivity contribution is 5.80. The van der Waals surface area contributed by atoms with Crippen molar-refractivity contribution in [2.24, 2.45) is 0 Å². The third-order valence-corrected chi connectivity index (χ3v) is 3.10. The minimum Gasteiger partial charge on any atom is -0.481 e. The molecule has 0 aromatic heterocycles. The Hall–Kier alpha value is -2.55. The molecule has 0 spiro atoms. The van der Waals surface area contributed by atoms with Crippen LogP contribution in [0.4, 0.5) is 0 Å². The third-order valence-electron chi connectivity index (χ3n) is 3.10. The zero-order valence-electron chi connectivity index (χ0n) is 13.0. The average Bonchev–Trinajstić information content (AvgIpc) is 2.53. The fourth-order valence-corrected chi connectivity index (χ4v) is 1.88. The van der Waals surface area contributed by atoms with Crippen LogP contribution in [0.15, 0.2) is 24.3 Å². The molecule has 1 rings (SSSR count). The molecule has 0 aliphatic heterocycles. The average molecular weight is 304 g/mol. The first-order valence-electron chi connectivity index (χ1n) is 6.96. The van der Waals surface area contributed by atoms with Gasteiger partial charge in [-0.3, -0.25) is 9.59 Å². The first kappa shape index (κ1) is 17.5. The molecule has 0 N–H and O–H groups in total. The van der Waals surface area contributed by atoms with Gasteiger partial charge in [-0.05, 0) is 31.5 Å². The largest absolute Gasteiger partial charge is 0.481 e. The van der Waals surface area contributed by atoms with Gasteiger partial charge in [-0.2, -0.15) is 5.26 Å². The quantitative estimate of drug-likeness (QED) is 0.717. The van der Waals surface area contributed by atoms with Crippen molar-refractivity contribution in [1.29, 1.82) is 5.26 Å². The Labute approximate surface area is 130 Å². The predicted molar refractivity (Wildman–Crippen MR) is 80.1 cm³/mol. The second-order valence-corrected chi connectivity index (χ2v) is 4.84. The van der Waals surface area contributed by atoms with E-state index in [1.165, 1.54) is 12.0 Å². The Kier molecular flexibility index (Phi) is 6.90. The molecule has 0 heterocycles. The molecule has 6 heteroatoms. The third kappa shape index (κ3) is 5.44. The summed E-state index contributed by atoms with van der Waals surface area (Å²) in [6, 6.07) is 8.66. The Balaban J connectivity index is 2.50. The number of nitrogens with zero attached hydrogens (tertiary/aromatic N) is 2. The monoisotopic (exact) mass is 304 g/mol. The second kappa shape index (κ2) is 8.67. The summed E-state index contributed by atoms with van der Waals surface area (Å²) in [5.41, 5.74) is 0.476. The molecule has 1 aromatic carbocycles. The Bertz CT molecular complexity index is 566. The fraction of sp³-hybridized carbons (Fsp3) is 0.438. The predicted octanol–water partition coefficient (Wildman–Crippen LogP) is 1.74. The molecule has 1 aromatic rings. The van der Waals surface area contributed by atoms with E-state index in [0.717, 1.165) is 0 Å². The number of ether oxygens (including phenoxy) is 2. The maximum absolute atomic E-state index is 12.2. The Morgan fingerprint density at radius 1 is 1.41 bits per heavy atom. The van der Waals surface area contributed by atoms with Gasteiger partial charge in [0.15, 0.2) is 6.10 Å². The van der Waals surface area contributed by atoms with E-state index < -0.39 is 6.10 Å². The van der Waals surface area contributed by atoms with Crippen molar-refractivity contribution < 1.29 is 19.1 Å². The number of hydrogen-bond acceptors (Lipinski definition) is 5. The smallest absolute Gasteiger partial charge is 0.305 e. The van der Waals surface area contributed by atoms with Crippen LogP contribution in [0, 0.1) is 11.3 Å². The number of carbonyl (C=O) groups excluding carboxylic acids is 2. The number of hydrogen-bond donors (Lipinski definition) is 0. The van der Waals surface area contributed by atoms with Crippen LogP contribution in [0.3, 0.4) is 0 Å². The standard InChI is InChI=1S/C16H20N2O4/c1-12(22-14-7-4-6-13(10-14)11-17)16(20)18(2)9-5-8-15(19)21-3/h4,6-7,10,12H,5,8-9H2,1-3H3. The highest BCUT2D eigenvalue weighted by atomic mass is 16.5. The van der Waals surface area contributed by atoms with Crippen molar-refractivity contribution in [3.63, 3.8) is 0 Å². The molecular formula is C16H20N2O4. The van der Waals surface area contributed by atoms with Gasteiger partial charge in [0, 0.05) is 20.0 Å². The number of likely N-dealkylation sites (N-methyl/N-ethyl adjacent to an activating group) is 1. The van der Waals surface area contributed by atoms with Crippen molar-refractivity contribution in [1.82, 2.24) is 4.90 Å². The van der Waals surface area contributed by atoms with E-state index in [1.807, 2.05) is 6.07 Å². The molecule has 118 valence electrons. The molecule has 1 atom stereocenters. The molecule has 1 amide bonds. The lowest BCUT2D eigenvalue weighted by Crippen LogP contribution is -2.38. The van der Waals surface area contributed by atoms with E-state index in [2.05, 4.69) is 4.74 Å². The fourth-order valence-electron chi connectivity index (χ4n) is 1.88. The molecule has 0 saturated heterocycles. The van der Waals surface area contributed by atoms with E-state index >= 15 is 0 Å². The summed E-state index contributed by atoms with van der Waals surface area (Å²) >= 11 is 0. The van der Waals surface area contributed by atoms with Gasteiger partial charge in [0.05, 0.1) is 18.7 Å². The van der Waals surface area contributed by atoms with Gasteiger partial charge in [0.25, 0.3) is 5.91 Å². The normalized spacial score (nSPS) is 11.2. The lowest BCUT2D eigenvalue weighted by Gasteiger charge is -2.22. The minimum absolute atomic E-state index is 0.188. The van der Waals surface area contributed by atoms with E-state index in [-0.39, 0.29) is 18.3 Å². The number of amides is 1. The summed E-state index contributed by atoms with van der Waals surface area (Å²) in [5, 5.41) is 8.84. The molecular weight excluding hydrogens is 284 g/mol. The summed E-state index contributed by atoms with van der Waals surface area (Å²) in [4.78, 5) is 24.7. The van der Waals surface area contributed by atoms with Crippen molar-refractivity contribution >= 4 is 11.9 Å². The van der Waals surface area contributed by atoms with Crippen LogP contribution in [-0.2, 0) is 14.3 Å². The molecule has 0 saturated carbocycles. The zero-order valence-corrected chi connectivity index (χ0v) is 13.0. The maximum atomic E-state index is 12.2. The topological polar surface area (TPSA) is 79.6 Å². The second-order valence-electron chi connectivity index (χ2n) is 4.84. The van der Waals surface area contributed by atoms with Gasteiger partial charge in [-0.1, -0.05) is 6.07 Å². The van der Waals surface area contributed by atoms with Gasteiger partial charge < -0.3 is 14.4 Å². The van der Waals surface area contributed by atoms with Crippen LogP contribution < -0.4 is 4.74 Å². The van der Waals surface area contributed by atoms with E-state index in [9.17, 15) is 9.59 Å². The summed E-state index contributed by atoms with van der Waals surface area (Å²) in [5.74, 6) is -0.00597. The van der Waals surface area contributed by atoms with Gasteiger partial charge in [-0.25, -0.2) is 0 Å². The highest BCUT2D eigenvalue weighted by Crippen LogP contribution is 2.15. The minimum atomic E-state index is -0.669. The van der Waals surface area contributed by atoms with Crippen molar-refractivity contribution in [2.45, 2.75) is 25.9 Å². The molecule has 0 bridgehead atoms. The zero-order chi connectivity index (χ0) is 16.5. The number of nitriles is 1. The van der Waals surface area contributed by atoms with Crippen LogP contribution in [0.5, 0.6) is 5.75 Å². The summed E-state index contributed by atoms with van der Waals surface area (Å²) in [7, 11) is 2.99. The van der Waals surface area contributed by atoms with Crippen LogP contribution in [0.25, 0.3) is 0 Å². The van der Waals surface area contributed by atoms with Crippen LogP contribution in [-0.4, -0.2) is 43.6 Å². The molecule has 22 heavy (non-hydrogen) atoms. The van der Waals surface area contributed by atoms with Crippen LogP contribution in [0.2, 0.25) is 0 Å². The van der Waals surface area contributed by atoms with Crippen LogP contribution in [0.1, 0.15) is 25.3 Å². The summed E-state index contributed by atoms with van der Waals surface area (Å²) in [6.45, 7) is 2.10. The number of carbonyl (C=O) groups is 2. The van der Waals surface area contributed by atoms with Gasteiger partial charge in [0.1, 0.15) is 5.75 Å². The summed E-state index contributed by atoms with van der Waals surface area (Å²) < 4.78 is 10.1. The number of esters is 1. The maximum Gasteiger partial charge on any atom is 0.305 e. The number of methoxy groups -OCH3 is 1. The van der Waals surface area contributed by atoms with Gasteiger partial charge >= 0.3 is 5.97 Å².